The largest absolute Gasteiger partial charge is 0.296 e. The smallest absolute Gasteiger partial charge is 0.168 e. The summed E-state index contributed by atoms with van der Waals surface area (Å²) in [5.74, 6) is 0. The van der Waals surface area contributed by atoms with Gasteiger partial charge in [-0.15, -0.1) is 0 Å². The maximum atomic E-state index is 10.9. The van der Waals surface area contributed by atoms with Crippen molar-refractivity contribution >= 4 is 6.29 Å². The van der Waals surface area contributed by atoms with Gasteiger partial charge in [0, 0.05) is 32.0 Å². The quantitative estimate of drug-likeness (QED) is 0.627. The van der Waals surface area contributed by atoms with E-state index in [1.54, 1.807) is 18.5 Å². The molecule has 3 aromatic heterocycles. The number of rotatable bonds is 7. The molecule has 0 aliphatic heterocycles. The van der Waals surface area contributed by atoms with E-state index in [9.17, 15) is 4.79 Å². The average Bonchev–Trinajstić information content (AvgIpc) is 2.63. The standard InChI is InChI=1S/C19H18N4O/c24-15-19-9-5-8-18(22-19)14-23(12-16-6-1-3-10-20-16)13-17-7-2-4-11-21-17/h1-11,15H,12-14H2. The fourth-order valence-electron chi connectivity index (χ4n) is 2.49. The summed E-state index contributed by atoms with van der Waals surface area (Å²) in [6.07, 6.45) is 4.35. The molecule has 5 nitrogen and oxygen atoms in total. The molecule has 0 fully saturated rings. The predicted octanol–water partition coefficient (Wildman–Crippen LogP) is 2.89. The van der Waals surface area contributed by atoms with Crippen LogP contribution < -0.4 is 0 Å². The molecule has 0 aliphatic rings. The second-order valence-electron chi connectivity index (χ2n) is 5.46. The fourth-order valence-corrected chi connectivity index (χ4v) is 2.49. The third-order valence-electron chi connectivity index (χ3n) is 3.56. The molecular weight excluding hydrogens is 300 g/mol. The molecule has 0 radical (unpaired) electrons. The minimum atomic E-state index is 0.447. The highest BCUT2D eigenvalue weighted by atomic mass is 16.1. The van der Waals surface area contributed by atoms with Crippen molar-refractivity contribution in [3.05, 3.63) is 89.8 Å². The van der Waals surface area contributed by atoms with Crippen LogP contribution in [0.3, 0.4) is 0 Å². The molecule has 5 heteroatoms. The molecular formula is C19H18N4O. The Labute approximate surface area is 141 Å². The third-order valence-corrected chi connectivity index (χ3v) is 3.56. The predicted molar refractivity (Wildman–Crippen MR) is 91.0 cm³/mol. The number of hydrogen-bond donors (Lipinski definition) is 0. The van der Waals surface area contributed by atoms with Crippen molar-refractivity contribution in [2.75, 3.05) is 0 Å². The first-order valence-electron chi connectivity index (χ1n) is 7.77. The maximum Gasteiger partial charge on any atom is 0.168 e. The van der Waals surface area contributed by atoms with Gasteiger partial charge in [-0.2, -0.15) is 0 Å². The van der Waals surface area contributed by atoms with E-state index in [1.165, 1.54) is 0 Å². The molecule has 120 valence electrons. The van der Waals surface area contributed by atoms with Gasteiger partial charge in [-0.25, -0.2) is 4.98 Å². The van der Waals surface area contributed by atoms with E-state index in [2.05, 4.69) is 19.9 Å². The summed E-state index contributed by atoms with van der Waals surface area (Å²) in [6.45, 7) is 1.99. The van der Waals surface area contributed by atoms with E-state index in [0.717, 1.165) is 23.4 Å². The van der Waals surface area contributed by atoms with Crippen LogP contribution in [0.2, 0.25) is 0 Å². The van der Waals surface area contributed by atoms with Crippen molar-refractivity contribution in [3.63, 3.8) is 0 Å². The first-order chi connectivity index (χ1) is 11.8. The molecule has 0 saturated heterocycles. The Morgan fingerprint density at radius 3 is 1.88 bits per heavy atom. The Morgan fingerprint density at radius 2 is 1.33 bits per heavy atom. The third kappa shape index (κ3) is 4.54. The van der Waals surface area contributed by atoms with Crippen LogP contribution in [0.5, 0.6) is 0 Å². The van der Waals surface area contributed by atoms with Crippen LogP contribution in [0.25, 0.3) is 0 Å². The van der Waals surface area contributed by atoms with E-state index < -0.39 is 0 Å². The van der Waals surface area contributed by atoms with Crippen molar-refractivity contribution in [1.82, 2.24) is 19.9 Å². The topological polar surface area (TPSA) is 59.0 Å². The second-order valence-corrected chi connectivity index (χ2v) is 5.46. The minimum Gasteiger partial charge on any atom is -0.296 e. The number of carbonyl (C=O) groups excluding carboxylic acids is 1. The molecule has 3 aromatic rings. The first-order valence-corrected chi connectivity index (χ1v) is 7.77. The first kappa shape index (κ1) is 16.0. The van der Waals surface area contributed by atoms with Gasteiger partial charge in [0.15, 0.2) is 6.29 Å². The average molecular weight is 318 g/mol. The normalized spacial score (nSPS) is 10.7. The van der Waals surface area contributed by atoms with Gasteiger partial charge < -0.3 is 0 Å². The molecule has 0 bridgehead atoms. The van der Waals surface area contributed by atoms with Crippen molar-refractivity contribution in [1.29, 1.82) is 0 Å². The summed E-state index contributed by atoms with van der Waals surface area (Å²) in [7, 11) is 0. The highest BCUT2D eigenvalue weighted by Gasteiger charge is 2.11. The van der Waals surface area contributed by atoms with Gasteiger partial charge in [-0.05, 0) is 36.4 Å². The zero-order chi connectivity index (χ0) is 16.6. The van der Waals surface area contributed by atoms with Crippen molar-refractivity contribution < 1.29 is 4.79 Å². The molecule has 0 aromatic carbocycles. The molecule has 0 unspecified atom stereocenters. The van der Waals surface area contributed by atoms with Gasteiger partial charge in [-0.1, -0.05) is 18.2 Å². The zero-order valence-corrected chi connectivity index (χ0v) is 13.2. The summed E-state index contributed by atoms with van der Waals surface area (Å²) >= 11 is 0. The Kier molecular flexibility index (Phi) is 5.37. The SMILES string of the molecule is O=Cc1cccc(CN(Cc2ccccn2)Cc2ccccn2)n1. The van der Waals surface area contributed by atoms with Gasteiger partial charge in [0.2, 0.25) is 0 Å². The van der Waals surface area contributed by atoms with Crippen molar-refractivity contribution in [2.45, 2.75) is 19.6 Å². The molecule has 0 aliphatic carbocycles. The lowest BCUT2D eigenvalue weighted by Crippen LogP contribution is -2.24. The molecule has 0 saturated carbocycles. The molecule has 3 heterocycles. The Balaban J connectivity index is 1.79. The van der Waals surface area contributed by atoms with E-state index >= 15 is 0 Å². The number of hydrogen-bond acceptors (Lipinski definition) is 5. The second kappa shape index (κ2) is 8.08. The maximum absolute atomic E-state index is 10.9. The van der Waals surface area contributed by atoms with Crippen LogP contribution in [-0.2, 0) is 19.6 Å². The molecule has 3 rings (SSSR count). The van der Waals surface area contributed by atoms with E-state index in [1.807, 2.05) is 48.5 Å². The van der Waals surface area contributed by atoms with Gasteiger partial charge in [-0.3, -0.25) is 19.7 Å². The van der Waals surface area contributed by atoms with Gasteiger partial charge in [0.05, 0.1) is 17.1 Å². The van der Waals surface area contributed by atoms with Crippen LogP contribution in [0.4, 0.5) is 0 Å². The fraction of sp³-hybridized carbons (Fsp3) is 0.158. The summed E-state index contributed by atoms with van der Waals surface area (Å²) < 4.78 is 0. The summed E-state index contributed by atoms with van der Waals surface area (Å²) in [5, 5.41) is 0. The molecule has 0 amide bonds. The number of aromatic nitrogens is 3. The van der Waals surface area contributed by atoms with Crippen LogP contribution in [-0.4, -0.2) is 26.1 Å². The monoisotopic (exact) mass is 318 g/mol. The van der Waals surface area contributed by atoms with Gasteiger partial charge in [0.25, 0.3) is 0 Å². The number of nitrogens with zero attached hydrogens (tertiary/aromatic N) is 4. The molecule has 0 N–H and O–H groups in total. The Bertz CT molecular complexity index is 736. The Hall–Kier alpha value is -2.92. The highest BCUT2D eigenvalue weighted by molar-refractivity contribution is 5.71. The van der Waals surface area contributed by atoms with Crippen LogP contribution >= 0.6 is 0 Å². The minimum absolute atomic E-state index is 0.447. The van der Waals surface area contributed by atoms with Gasteiger partial charge in [0.1, 0.15) is 5.69 Å². The lowest BCUT2D eigenvalue weighted by atomic mass is 10.2. The van der Waals surface area contributed by atoms with Crippen LogP contribution in [0.1, 0.15) is 27.6 Å². The van der Waals surface area contributed by atoms with E-state index in [0.29, 0.717) is 25.3 Å². The summed E-state index contributed by atoms with van der Waals surface area (Å²) in [6, 6.07) is 17.3. The zero-order valence-electron chi connectivity index (χ0n) is 13.2. The van der Waals surface area contributed by atoms with E-state index in [-0.39, 0.29) is 0 Å². The summed E-state index contributed by atoms with van der Waals surface area (Å²) in [5.41, 5.74) is 3.27. The molecule has 0 spiro atoms. The number of pyridine rings is 3. The lowest BCUT2D eigenvalue weighted by molar-refractivity contribution is 0.111. The molecule has 24 heavy (non-hydrogen) atoms. The van der Waals surface area contributed by atoms with Crippen LogP contribution in [0.15, 0.2) is 67.0 Å². The number of aldehydes is 1. The summed E-state index contributed by atoms with van der Waals surface area (Å²) in [4.78, 5) is 26.3. The van der Waals surface area contributed by atoms with Crippen LogP contribution in [0, 0.1) is 0 Å². The highest BCUT2D eigenvalue weighted by Crippen LogP contribution is 2.11. The lowest BCUT2D eigenvalue weighted by Gasteiger charge is -2.21. The van der Waals surface area contributed by atoms with Crippen molar-refractivity contribution in [3.8, 4) is 0 Å². The Morgan fingerprint density at radius 1 is 0.750 bits per heavy atom. The van der Waals surface area contributed by atoms with Crippen molar-refractivity contribution in [2.24, 2.45) is 0 Å². The molecule has 0 atom stereocenters. The van der Waals surface area contributed by atoms with E-state index in [4.69, 9.17) is 0 Å². The number of carbonyl (C=O) groups is 1. The van der Waals surface area contributed by atoms with Gasteiger partial charge >= 0.3 is 0 Å².